The Bertz CT molecular complexity index is 592. The lowest BCUT2D eigenvalue weighted by Crippen LogP contribution is -3.00. The van der Waals surface area contributed by atoms with Crippen LogP contribution in [0.1, 0.15) is 0 Å². The third kappa shape index (κ3) is 3.08. The first-order valence-electron chi connectivity index (χ1n) is 6.57. The second-order valence-corrected chi connectivity index (χ2v) is 4.69. The van der Waals surface area contributed by atoms with Crippen LogP contribution < -0.4 is 17.0 Å². The highest BCUT2D eigenvalue weighted by Crippen LogP contribution is 2.08. The Morgan fingerprint density at radius 1 is 1.15 bits per heavy atom. The summed E-state index contributed by atoms with van der Waals surface area (Å²) >= 11 is 0. The lowest BCUT2D eigenvalue weighted by Gasteiger charge is -2.25. The van der Waals surface area contributed by atoms with Crippen molar-refractivity contribution in [2.24, 2.45) is 0 Å². The number of hydrogen-bond donors (Lipinski definition) is 0. The number of ether oxygens (including phenoxy) is 1. The molecule has 1 fully saturated rings. The quantitative estimate of drug-likeness (QED) is 0.600. The van der Waals surface area contributed by atoms with Crippen LogP contribution in [0.5, 0.6) is 0 Å². The molecule has 20 heavy (non-hydrogen) atoms. The average Bonchev–Trinajstić information content (AvgIpc) is 2.48. The number of aromatic nitrogens is 1. The van der Waals surface area contributed by atoms with Crippen molar-refractivity contribution in [1.29, 1.82) is 0 Å². The number of amides is 1. The lowest BCUT2D eigenvalue weighted by atomic mass is 10.2. The van der Waals surface area contributed by atoms with Gasteiger partial charge in [-0.1, -0.05) is 12.1 Å². The number of pyridine rings is 1. The van der Waals surface area contributed by atoms with Gasteiger partial charge in [0.2, 0.25) is 12.1 Å². The first-order valence-corrected chi connectivity index (χ1v) is 6.57. The Hall–Kier alpha value is -1.65. The van der Waals surface area contributed by atoms with Crippen LogP contribution in [0.15, 0.2) is 42.6 Å². The molecule has 1 saturated heterocycles. The summed E-state index contributed by atoms with van der Waals surface area (Å²) in [4.78, 5) is 14.1. The predicted octanol–water partition coefficient (Wildman–Crippen LogP) is -2.01. The highest BCUT2D eigenvalue weighted by molar-refractivity contribution is 5.77. The Kier molecular flexibility index (Phi) is 4.93. The monoisotopic (exact) mass is 292 g/mol. The van der Waals surface area contributed by atoms with Crippen molar-refractivity contribution in [2.45, 2.75) is 6.54 Å². The minimum absolute atomic E-state index is 0. The molecule has 0 saturated carbocycles. The number of benzene rings is 1. The summed E-state index contributed by atoms with van der Waals surface area (Å²) in [5.74, 6) is 0.157. The molecule has 1 aliphatic heterocycles. The largest absolute Gasteiger partial charge is 1.00 e. The molecule has 1 aromatic heterocycles. The number of rotatable bonds is 2. The molecule has 0 spiro atoms. The van der Waals surface area contributed by atoms with Crippen LogP contribution in [-0.2, 0) is 16.1 Å². The molecule has 106 valence electrons. The Balaban J connectivity index is 0.00000147. The highest BCUT2D eigenvalue weighted by atomic mass is 35.5. The molecule has 2 aromatic rings. The maximum Gasteiger partial charge on any atom is 0.288 e. The fourth-order valence-electron chi connectivity index (χ4n) is 2.42. The van der Waals surface area contributed by atoms with E-state index < -0.39 is 0 Å². The van der Waals surface area contributed by atoms with E-state index in [-0.39, 0.29) is 18.3 Å². The molecule has 0 unspecified atom stereocenters. The third-order valence-corrected chi connectivity index (χ3v) is 3.46. The van der Waals surface area contributed by atoms with Crippen LogP contribution in [0.2, 0.25) is 0 Å². The van der Waals surface area contributed by atoms with Crippen LogP contribution in [0.3, 0.4) is 0 Å². The molecule has 5 heteroatoms. The van der Waals surface area contributed by atoms with E-state index in [0.717, 1.165) is 10.9 Å². The molecule has 0 atom stereocenters. The molecular weight excluding hydrogens is 276 g/mol. The fraction of sp³-hybridized carbons (Fsp3) is 0.333. The minimum atomic E-state index is 0. The van der Waals surface area contributed by atoms with E-state index in [2.05, 4.69) is 12.1 Å². The number of carbonyl (C=O) groups is 1. The summed E-state index contributed by atoms with van der Waals surface area (Å²) in [5.41, 5.74) is 1.09. The zero-order valence-electron chi connectivity index (χ0n) is 11.2. The second kappa shape index (κ2) is 6.68. The number of para-hydroxylation sites is 1. The molecule has 0 bridgehead atoms. The van der Waals surface area contributed by atoms with Crippen molar-refractivity contribution in [3.8, 4) is 0 Å². The molecule has 3 rings (SSSR count). The van der Waals surface area contributed by atoms with E-state index in [1.54, 1.807) is 0 Å². The zero-order chi connectivity index (χ0) is 13.1. The first kappa shape index (κ1) is 14.8. The van der Waals surface area contributed by atoms with E-state index in [1.807, 2.05) is 39.9 Å². The Morgan fingerprint density at radius 2 is 1.85 bits per heavy atom. The van der Waals surface area contributed by atoms with Gasteiger partial charge in [-0.15, -0.1) is 0 Å². The highest BCUT2D eigenvalue weighted by Gasteiger charge is 2.21. The van der Waals surface area contributed by atoms with Crippen LogP contribution in [-0.4, -0.2) is 37.1 Å². The topological polar surface area (TPSA) is 33.4 Å². The van der Waals surface area contributed by atoms with E-state index in [0.29, 0.717) is 32.8 Å². The van der Waals surface area contributed by atoms with E-state index in [4.69, 9.17) is 4.74 Å². The molecule has 2 heterocycles. The minimum Gasteiger partial charge on any atom is -1.00 e. The third-order valence-electron chi connectivity index (χ3n) is 3.46. The molecule has 1 aliphatic rings. The van der Waals surface area contributed by atoms with Crippen LogP contribution >= 0.6 is 0 Å². The summed E-state index contributed by atoms with van der Waals surface area (Å²) < 4.78 is 7.28. The van der Waals surface area contributed by atoms with Gasteiger partial charge in [0, 0.05) is 30.6 Å². The predicted molar refractivity (Wildman–Crippen MR) is 71.5 cm³/mol. The van der Waals surface area contributed by atoms with Gasteiger partial charge in [0.25, 0.3) is 5.91 Å². The summed E-state index contributed by atoms with van der Waals surface area (Å²) in [7, 11) is 0. The van der Waals surface area contributed by atoms with Crippen LogP contribution in [0, 0.1) is 0 Å². The molecular formula is C15H17ClN2O2. The van der Waals surface area contributed by atoms with Crippen LogP contribution in [0.4, 0.5) is 0 Å². The molecule has 4 nitrogen and oxygen atoms in total. The van der Waals surface area contributed by atoms with Crippen molar-refractivity contribution in [3.63, 3.8) is 0 Å². The average molecular weight is 293 g/mol. The van der Waals surface area contributed by atoms with Crippen LogP contribution in [0.25, 0.3) is 10.9 Å². The van der Waals surface area contributed by atoms with Gasteiger partial charge in [-0.3, -0.25) is 4.79 Å². The molecule has 1 amide bonds. The van der Waals surface area contributed by atoms with E-state index in [9.17, 15) is 4.79 Å². The smallest absolute Gasteiger partial charge is 0.288 e. The number of carbonyl (C=O) groups excluding carboxylic acids is 1. The Labute approximate surface area is 124 Å². The van der Waals surface area contributed by atoms with Gasteiger partial charge in [-0.2, -0.15) is 4.57 Å². The lowest BCUT2D eigenvalue weighted by molar-refractivity contribution is -0.659. The van der Waals surface area contributed by atoms with E-state index >= 15 is 0 Å². The molecule has 1 aromatic carbocycles. The van der Waals surface area contributed by atoms with Gasteiger partial charge in [0.1, 0.15) is 0 Å². The first-order chi connectivity index (χ1) is 9.34. The maximum atomic E-state index is 12.3. The van der Waals surface area contributed by atoms with Crippen molar-refractivity contribution < 1.29 is 26.5 Å². The van der Waals surface area contributed by atoms with Gasteiger partial charge in [-0.25, -0.2) is 0 Å². The zero-order valence-corrected chi connectivity index (χ0v) is 11.9. The van der Waals surface area contributed by atoms with Crippen molar-refractivity contribution in [3.05, 3.63) is 42.6 Å². The Morgan fingerprint density at radius 3 is 2.65 bits per heavy atom. The number of hydrogen-bond acceptors (Lipinski definition) is 2. The number of morpholine rings is 1. The second-order valence-electron chi connectivity index (χ2n) is 4.69. The molecule has 0 N–H and O–H groups in total. The van der Waals surface area contributed by atoms with Gasteiger partial charge in [0.15, 0.2) is 6.20 Å². The van der Waals surface area contributed by atoms with Crippen molar-refractivity contribution in [2.75, 3.05) is 26.3 Å². The maximum absolute atomic E-state index is 12.3. The van der Waals surface area contributed by atoms with Gasteiger partial charge >= 0.3 is 0 Å². The number of nitrogens with zero attached hydrogens (tertiary/aromatic N) is 2. The molecule has 0 aliphatic carbocycles. The van der Waals surface area contributed by atoms with E-state index in [1.165, 1.54) is 0 Å². The summed E-state index contributed by atoms with van der Waals surface area (Å²) in [6.45, 7) is 3.08. The summed E-state index contributed by atoms with van der Waals surface area (Å²) in [5, 5.41) is 1.15. The normalized spacial score (nSPS) is 14.9. The molecule has 0 radical (unpaired) electrons. The SMILES string of the molecule is O=C(C[n+]1cccc2ccccc21)N1CCOCC1.[Cl-]. The number of fused-ring (bicyclic) bond motifs is 1. The standard InChI is InChI=1S/C15H17N2O2.ClH/c18-15(16-8-10-19-11-9-16)12-17-7-3-5-13-4-1-2-6-14(13)17;/h1-7H,8-12H2;1H/q+1;/p-1. The van der Waals surface area contributed by atoms with Gasteiger partial charge in [0.05, 0.1) is 13.2 Å². The van der Waals surface area contributed by atoms with Crippen molar-refractivity contribution >= 4 is 16.8 Å². The van der Waals surface area contributed by atoms with Gasteiger partial charge < -0.3 is 22.0 Å². The van der Waals surface area contributed by atoms with Gasteiger partial charge in [-0.05, 0) is 12.1 Å². The number of halogens is 1. The summed E-state index contributed by atoms with van der Waals surface area (Å²) in [6, 6.07) is 12.2. The fourth-order valence-corrected chi connectivity index (χ4v) is 2.42. The summed E-state index contributed by atoms with van der Waals surface area (Å²) in [6.07, 6.45) is 1.96. The van der Waals surface area contributed by atoms with Crippen molar-refractivity contribution in [1.82, 2.24) is 4.90 Å².